The summed E-state index contributed by atoms with van der Waals surface area (Å²) >= 11 is 3.32. The maximum atomic E-state index is 11.7. The number of carboxylic acids is 1. The number of carboxylic acid groups (broad SMARTS) is 1. The highest BCUT2D eigenvalue weighted by molar-refractivity contribution is 9.10. The second-order valence-corrected chi connectivity index (χ2v) is 4.98. The summed E-state index contributed by atoms with van der Waals surface area (Å²) in [5, 5.41) is 13.5. The molecule has 1 aromatic rings. The lowest BCUT2D eigenvalue weighted by Crippen LogP contribution is -2.45. The summed E-state index contributed by atoms with van der Waals surface area (Å²) in [5.74, 6) is -2.14. The second-order valence-electron chi connectivity index (χ2n) is 4.12. The normalized spacial score (nSPS) is 11.5. The zero-order valence-corrected chi connectivity index (χ0v) is 12.2. The van der Waals surface area contributed by atoms with E-state index in [-0.39, 0.29) is 0 Å². The number of primary amides is 1. The molecule has 1 unspecified atom stereocenters. The number of hydrogen-bond donors (Lipinski definition) is 4. The van der Waals surface area contributed by atoms with E-state index in [1.165, 1.54) is 0 Å². The lowest BCUT2D eigenvalue weighted by molar-refractivity contribution is -0.140. The largest absolute Gasteiger partial charge is 0.480 e. The maximum Gasteiger partial charge on any atom is 0.326 e. The minimum atomic E-state index is -1.36. The third-order valence-corrected chi connectivity index (χ3v) is 3.31. The van der Waals surface area contributed by atoms with Crippen LogP contribution in [0.3, 0.4) is 0 Å². The van der Waals surface area contributed by atoms with Crippen LogP contribution in [0.4, 0.5) is 10.5 Å². The van der Waals surface area contributed by atoms with Crippen molar-refractivity contribution in [1.29, 1.82) is 0 Å². The Morgan fingerprint density at radius 2 is 2.05 bits per heavy atom. The molecular weight excluding hydrogens is 330 g/mol. The van der Waals surface area contributed by atoms with Crippen molar-refractivity contribution in [3.8, 4) is 0 Å². The third kappa shape index (κ3) is 4.88. The van der Waals surface area contributed by atoms with Gasteiger partial charge in [-0.2, -0.15) is 0 Å². The molecular formula is C12H14BrN3O4. The number of carbonyl (C=O) groups excluding carboxylic acids is 2. The van der Waals surface area contributed by atoms with Crippen LogP contribution in [0.15, 0.2) is 22.7 Å². The SMILES string of the molecule is Cc1cc(NC(=O)NC(CC(N)=O)C(=O)O)ccc1Br. The van der Waals surface area contributed by atoms with Crippen LogP contribution in [0.1, 0.15) is 12.0 Å². The molecule has 0 fully saturated rings. The van der Waals surface area contributed by atoms with Gasteiger partial charge in [-0.25, -0.2) is 9.59 Å². The van der Waals surface area contributed by atoms with Gasteiger partial charge in [0.05, 0.1) is 6.42 Å². The summed E-state index contributed by atoms with van der Waals surface area (Å²) in [7, 11) is 0. The zero-order valence-electron chi connectivity index (χ0n) is 10.6. The molecule has 0 spiro atoms. The number of aliphatic carboxylic acids is 1. The number of urea groups is 1. The predicted molar refractivity (Wildman–Crippen MR) is 76.3 cm³/mol. The molecule has 0 saturated carbocycles. The van der Waals surface area contributed by atoms with E-state index in [1.807, 2.05) is 6.92 Å². The average molecular weight is 344 g/mol. The van der Waals surface area contributed by atoms with Crippen LogP contribution >= 0.6 is 15.9 Å². The number of anilines is 1. The topological polar surface area (TPSA) is 122 Å². The van der Waals surface area contributed by atoms with Gasteiger partial charge in [-0.3, -0.25) is 4.79 Å². The number of hydrogen-bond acceptors (Lipinski definition) is 3. The van der Waals surface area contributed by atoms with Crippen molar-refractivity contribution < 1.29 is 19.5 Å². The van der Waals surface area contributed by atoms with Crippen molar-refractivity contribution in [1.82, 2.24) is 5.32 Å². The highest BCUT2D eigenvalue weighted by Gasteiger charge is 2.22. The molecule has 0 saturated heterocycles. The molecule has 1 atom stereocenters. The van der Waals surface area contributed by atoms with Crippen molar-refractivity contribution >= 4 is 39.5 Å². The van der Waals surface area contributed by atoms with Crippen molar-refractivity contribution in [2.45, 2.75) is 19.4 Å². The molecule has 0 aliphatic rings. The number of carbonyl (C=O) groups is 3. The monoisotopic (exact) mass is 343 g/mol. The van der Waals surface area contributed by atoms with E-state index in [4.69, 9.17) is 10.8 Å². The van der Waals surface area contributed by atoms with E-state index in [1.54, 1.807) is 18.2 Å². The van der Waals surface area contributed by atoms with Gasteiger partial charge in [-0.05, 0) is 30.7 Å². The second kappa shape index (κ2) is 6.90. The fourth-order valence-corrected chi connectivity index (χ4v) is 1.70. The number of aryl methyl sites for hydroxylation is 1. The smallest absolute Gasteiger partial charge is 0.326 e. The number of benzene rings is 1. The van der Waals surface area contributed by atoms with E-state index < -0.39 is 30.4 Å². The van der Waals surface area contributed by atoms with Gasteiger partial charge in [-0.1, -0.05) is 15.9 Å². The molecule has 0 radical (unpaired) electrons. The van der Waals surface area contributed by atoms with E-state index in [0.717, 1.165) is 10.0 Å². The predicted octanol–water partition coefficient (Wildman–Crippen LogP) is 1.21. The first-order chi connectivity index (χ1) is 9.29. The molecule has 1 rings (SSSR count). The molecule has 0 bridgehead atoms. The average Bonchev–Trinajstić information content (AvgIpc) is 2.32. The van der Waals surface area contributed by atoms with E-state index in [2.05, 4.69) is 26.6 Å². The first-order valence-electron chi connectivity index (χ1n) is 5.64. The van der Waals surface area contributed by atoms with Gasteiger partial charge in [0.2, 0.25) is 5.91 Å². The van der Waals surface area contributed by atoms with Crippen LogP contribution in [-0.2, 0) is 9.59 Å². The molecule has 0 heterocycles. The summed E-state index contributed by atoms with van der Waals surface area (Å²) in [5.41, 5.74) is 6.33. The molecule has 0 aliphatic carbocycles. The van der Waals surface area contributed by atoms with Crippen LogP contribution in [0.5, 0.6) is 0 Å². The van der Waals surface area contributed by atoms with Gasteiger partial charge in [0.15, 0.2) is 0 Å². The van der Waals surface area contributed by atoms with Crippen molar-refractivity contribution in [2.24, 2.45) is 5.73 Å². The molecule has 20 heavy (non-hydrogen) atoms. The first kappa shape index (κ1) is 16.0. The summed E-state index contributed by atoms with van der Waals surface area (Å²) < 4.78 is 0.889. The highest BCUT2D eigenvalue weighted by atomic mass is 79.9. The Bertz CT molecular complexity index is 548. The van der Waals surface area contributed by atoms with Crippen LogP contribution in [-0.4, -0.2) is 29.1 Å². The van der Waals surface area contributed by atoms with Crippen molar-refractivity contribution in [3.05, 3.63) is 28.2 Å². The Morgan fingerprint density at radius 1 is 1.40 bits per heavy atom. The molecule has 7 nitrogen and oxygen atoms in total. The van der Waals surface area contributed by atoms with Gasteiger partial charge in [0, 0.05) is 10.2 Å². The molecule has 108 valence electrons. The summed E-state index contributed by atoms with van der Waals surface area (Å²) in [6.07, 6.45) is -0.470. The van der Waals surface area contributed by atoms with E-state index in [9.17, 15) is 14.4 Å². The van der Waals surface area contributed by atoms with Crippen LogP contribution < -0.4 is 16.4 Å². The fraction of sp³-hybridized carbons (Fsp3) is 0.250. The number of halogens is 1. The molecule has 5 N–H and O–H groups in total. The number of amides is 3. The summed E-state index contributed by atoms with van der Waals surface area (Å²) in [6, 6.07) is 3.04. The van der Waals surface area contributed by atoms with Gasteiger partial charge < -0.3 is 21.5 Å². The van der Waals surface area contributed by atoms with Crippen LogP contribution in [0, 0.1) is 6.92 Å². The Hall–Kier alpha value is -2.09. The lowest BCUT2D eigenvalue weighted by Gasteiger charge is -2.14. The van der Waals surface area contributed by atoms with Crippen molar-refractivity contribution in [2.75, 3.05) is 5.32 Å². The zero-order chi connectivity index (χ0) is 15.3. The van der Waals surface area contributed by atoms with Crippen LogP contribution in [0.25, 0.3) is 0 Å². The minimum Gasteiger partial charge on any atom is -0.480 e. The van der Waals surface area contributed by atoms with Crippen molar-refractivity contribution in [3.63, 3.8) is 0 Å². The maximum absolute atomic E-state index is 11.7. The Morgan fingerprint density at radius 3 is 2.55 bits per heavy atom. The van der Waals surface area contributed by atoms with Gasteiger partial charge in [0.1, 0.15) is 6.04 Å². The third-order valence-electron chi connectivity index (χ3n) is 2.42. The fourth-order valence-electron chi connectivity index (χ4n) is 1.45. The Kier molecular flexibility index (Phi) is 5.51. The molecule has 0 aliphatic heterocycles. The van der Waals surface area contributed by atoms with Gasteiger partial charge in [0.25, 0.3) is 0 Å². The molecule has 1 aromatic carbocycles. The lowest BCUT2D eigenvalue weighted by atomic mass is 10.2. The quantitative estimate of drug-likeness (QED) is 0.641. The van der Waals surface area contributed by atoms with Gasteiger partial charge >= 0.3 is 12.0 Å². The summed E-state index contributed by atoms with van der Waals surface area (Å²) in [6.45, 7) is 1.85. The number of nitrogens with one attached hydrogen (secondary N) is 2. The molecule has 8 heteroatoms. The minimum absolute atomic E-state index is 0.470. The first-order valence-corrected chi connectivity index (χ1v) is 6.43. The van der Waals surface area contributed by atoms with E-state index >= 15 is 0 Å². The number of nitrogens with two attached hydrogens (primary N) is 1. The van der Waals surface area contributed by atoms with Crippen LogP contribution in [0.2, 0.25) is 0 Å². The van der Waals surface area contributed by atoms with Gasteiger partial charge in [-0.15, -0.1) is 0 Å². The molecule has 3 amide bonds. The summed E-state index contributed by atoms with van der Waals surface area (Å²) in [4.78, 5) is 33.2. The van der Waals surface area contributed by atoms with E-state index in [0.29, 0.717) is 5.69 Å². The molecule has 0 aromatic heterocycles. The number of rotatable bonds is 5. The Balaban J connectivity index is 2.67. The standard InChI is InChI=1S/C12H14BrN3O4/c1-6-4-7(2-3-8(6)13)15-12(20)16-9(11(18)19)5-10(14)17/h2-4,9H,5H2,1H3,(H2,14,17)(H,18,19)(H2,15,16,20). The Labute approximate surface area is 123 Å². The highest BCUT2D eigenvalue weighted by Crippen LogP contribution is 2.19.